The van der Waals surface area contributed by atoms with Gasteiger partial charge < -0.3 is 10.1 Å². The van der Waals surface area contributed by atoms with Crippen LogP contribution in [0.2, 0.25) is 0 Å². The molecule has 0 amide bonds. The summed E-state index contributed by atoms with van der Waals surface area (Å²) in [7, 11) is 2.07. The second kappa shape index (κ2) is 4.83. The van der Waals surface area contributed by atoms with Gasteiger partial charge in [-0.3, -0.25) is 4.90 Å². The Hall–Kier alpha value is -2.33. The first-order valence-corrected chi connectivity index (χ1v) is 7.94. The SMILES string of the molecule is CN1CC[C@@]2(OC(=O)c3ccccc3)c3ccccc3N[C@@]12C. The van der Waals surface area contributed by atoms with Crippen molar-refractivity contribution in [1.29, 1.82) is 0 Å². The maximum Gasteiger partial charge on any atom is 0.339 e. The Kier molecular flexibility index (Phi) is 3.00. The number of carbonyl (C=O) groups excluding carboxylic acids is 1. The van der Waals surface area contributed by atoms with Crippen molar-refractivity contribution in [2.24, 2.45) is 0 Å². The lowest BCUT2D eigenvalue weighted by Crippen LogP contribution is -2.56. The van der Waals surface area contributed by atoms with E-state index in [-0.39, 0.29) is 5.97 Å². The Morgan fingerprint density at radius 3 is 2.61 bits per heavy atom. The topological polar surface area (TPSA) is 41.6 Å². The van der Waals surface area contributed by atoms with Crippen LogP contribution in [0.25, 0.3) is 0 Å². The molecule has 118 valence electrons. The number of fused-ring (bicyclic) bond motifs is 3. The number of nitrogens with one attached hydrogen (secondary N) is 1. The van der Waals surface area contributed by atoms with Crippen LogP contribution in [-0.4, -0.2) is 30.1 Å². The van der Waals surface area contributed by atoms with E-state index in [2.05, 4.69) is 30.3 Å². The van der Waals surface area contributed by atoms with E-state index in [1.54, 1.807) is 12.1 Å². The van der Waals surface area contributed by atoms with E-state index < -0.39 is 11.3 Å². The monoisotopic (exact) mass is 308 g/mol. The maximum atomic E-state index is 12.7. The number of esters is 1. The first kappa shape index (κ1) is 14.3. The number of anilines is 1. The third-order valence-corrected chi connectivity index (χ3v) is 5.37. The third kappa shape index (κ3) is 1.85. The molecule has 1 fully saturated rings. The molecule has 4 nitrogen and oxygen atoms in total. The Morgan fingerprint density at radius 1 is 1.13 bits per heavy atom. The van der Waals surface area contributed by atoms with Gasteiger partial charge in [0.1, 0.15) is 5.66 Å². The molecule has 0 aromatic heterocycles. The Bertz CT molecular complexity index is 761. The van der Waals surface area contributed by atoms with Gasteiger partial charge in [0.05, 0.1) is 5.56 Å². The number of rotatable bonds is 2. The van der Waals surface area contributed by atoms with E-state index in [4.69, 9.17) is 4.74 Å². The second-order valence-electron chi connectivity index (χ2n) is 6.50. The van der Waals surface area contributed by atoms with Crippen molar-refractivity contribution in [2.75, 3.05) is 18.9 Å². The van der Waals surface area contributed by atoms with Crippen LogP contribution in [0.5, 0.6) is 0 Å². The highest BCUT2D eigenvalue weighted by Crippen LogP contribution is 2.55. The van der Waals surface area contributed by atoms with Crippen LogP contribution in [0.3, 0.4) is 0 Å². The number of para-hydroxylation sites is 1. The van der Waals surface area contributed by atoms with Crippen molar-refractivity contribution >= 4 is 11.7 Å². The summed E-state index contributed by atoms with van der Waals surface area (Å²) in [6.45, 7) is 2.98. The number of hydrogen-bond acceptors (Lipinski definition) is 4. The van der Waals surface area contributed by atoms with Gasteiger partial charge in [0, 0.05) is 24.2 Å². The van der Waals surface area contributed by atoms with Crippen LogP contribution in [0.4, 0.5) is 5.69 Å². The van der Waals surface area contributed by atoms with E-state index in [1.807, 2.05) is 36.4 Å². The molecule has 2 aliphatic heterocycles. The average molecular weight is 308 g/mol. The molecule has 2 aromatic carbocycles. The molecule has 0 aliphatic carbocycles. The molecule has 2 aromatic rings. The fraction of sp³-hybridized carbons (Fsp3) is 0.316. The first-order chi connectivity index (χ1) is 11.1. The quantitative estimate of drug-likeness (QED) is 0.865. The van der Waals surface area contributed by atoms with Crippen molar-refractivity contribution in [1.82, 2.24) is 4.90 Å². The van der Waals surface area contributed by atoms with Gasteiger partial charge >= 0.3 is 5.97 Å². The van der Waals surface area contributed by atoms with Gasteiger partial charge in [0.2, 0.25) is 0 Å². The molecule has 2 aliphatic rings. The standard InChI is InChI=1S/C19H20N2O2/c1-18-19(12-13-21(18)2,15-10-6-7-11-16(15)20-18)23-17(22)14-8-4-3-5-9-14/h3-11,20H,12-13H2,1-2H3/t18-,19+/m0/s1. The van der Waals surface area contributed by atoms with Crippen LogP contribution in [0.1, 0.15) is 29.3 Å². The minimum absolute atomic E-state index is 0.273. The molecule has 0 saturated carbocycles. The van der Waals surface area contributed by atoms with Crippen LogP contribution < -0.4 is 5.32 Å². The fourth-order valence-electron chi connectivity index (χ4n) is 3.90. The molecule has 0 radical (unpaired) electrons. The van der Waals surface area contributed by atoms with Crippen molar-refractivity contribution in [3.8, 4) is 0 Å². The van der Waals surface area contributed by atoms with E-state index in [1.165, 1.54) is 0 Å². The zero-order valence-electron chi connectivity index (χ0n) is 13.4. The van der Waals surface area contributed by atoms with Crippen molar-refractivity contribution in [3.05, 3.63) is 65.7 Å². The zero-order valence-corrected chi connectivity index (χ0v) is 13.4. The first-order valence-electron chi connectivity index (χ1n) is 7.94. The van der Waals surface area contributed by atoms with Crippen LogP contribution >= 0.6 is 0 Å². The molecule has 4 heteroatoms. The molecule has 0 spiro atoms. The van der Waals surface area contributed by atoms with Gasteiger partial charge in [0.15, 0.2) is 5.60 Å². The number of likely N-dealkylation sites (N-methyl/N-ethyl adjacent to an activating group) is 1. The smallest absolute Gasteiger partial charge is 0.339 e. The highest BCUT2D eigenvalue weighted by Gasteiger charge is 2.64. The van der Waals surface area contributed by atoms with E-state index in [9.17, 15) is 4.79 Å². The summed E-state index contributed by atoms with van der Waals surface area (Å²) in [6.07, 6.45) is 0.780. The Morgan fingerprint density at radius 2 is 1.83 bits per heavy atom. The Balaban J connectivity index is 1.79. The number of carbonyl (C=O) groups is 1. The molecule has 2 heterocycles. The average Bonchev–Trinajstić information content (AvgIpc) is 2.96. The summed E-state index contributed by atoms with van der Waals surface area (Å²) >= 11 is 0. The molecular weight excluding hydrogens is 288 g/mol. The van der Waals surface area contributed by atoms with Gasteiger partial charge in [0.25, 0.3) is 0 Å². The van der Waals surface area contributed by atoms with Gasteiger partial charge in [-0.1, -0.05) is 36.4 Å². The van der Waals surface area contributed by atoms with Crippen LogP contribution in [0, 0.1) is 0 Å². The van der Waals surface area contributed by atoms with Gasteiger partial charge in [-0.15, -0.1) is 0 Å². The summed E-state index contributed by atoms with van der Waals surface area (Å²) in [6, 6.07) is 17.3. The maximum absolute atomic E-state index is 12.7. The second-order valence-corrected chi connectivity index (χ2v) is 6.50. The van der Waals surface area contributed by atoms with Gasteiger partial charge in [-0.05, 0) is 32.2 Å². The zero-order chi connectivity index (χ0) is 16.1. The van der Waals surface area contributed by atoms with Crippen molar-refractivity contribution in [3.63, 3.8) is 0 Å². The van der Waals surface area contributed by atoms with E-state index >= 15 is 0 Å². The molecule has 1 N–H and O–H groups in total. The molecule has 2 atom stereocenters. The Labute approximate surface area is 136 Å². The predicted octanol–water partition coefficient (Wildman–Crippen LogP) is 3.22. The van der Waals surface area contributed by atoms with Gasteiger partial charge in [-0.25, -0.2) is 4.79 Å². The molecule has 0 bridgehead atoms. The number of hydrogen-bond donors (Lipinski definition) is 1. The lowest BCUT2D eigenvalue weighted by molar-refractivity contribution is -0.0572. The minimum atomic E-state index is -0.661. The predicted molar refractivity (Wildman–Crippen MR) is 89.3 cm³/mol. The van der Waals surface area contributed by atoms with E-state index in [0.717, 1.165) is 24.2 Å². The molecule has 0 unspecified atom stereocenters. The van der Waals surface area contributed by atoms with E-state index in [0.29, 0.717) is 5.56 Å². The largest absolute Gasteiger partial charge is 0.446 e. The molecule has 4 rings (SSSR count). The van der Waals surface area contributed by atoms with Crippen molar-refractivity contribution in [2.45, 2.75) is 24.6 Å². The summed E-state index contributed by atoms with van der Waals surface area (Å²) in [4.78, 5) is 15.0. The normalized spacial score (nSPS) is 28.8. The highest BCUT2D eigenvalue weighted by molar-refractivity contribution is 5.90. The minimum Gasteiger partial charge on any atom is -0.446 e. The van der Waals surface area contributed by atoms with Crippen LogP contribution in [0.15, 0.2) is 54.6 Å². The third-order valence-electron chi connectivity index (χ3n) is 5.37. The number of benzene rings is 2. The molecular formula is C19H20N2O2. The molecule has 23 heavy (non-hydrogen) atoms. The summed E-state index contributed by atoms with van der Waals surface area (Å²) in [5, 5.41) is 3.57. The summed E-state index contributed by atoms with van der Waals surface area (Å²) < 4.78 is 6.17. The fourth-order valence-corrected chi connectivity index (χ4v) is 3.90. The van der Waals surface area contributed by atoms with Crippen LogP contribution in [-0.2, 0) is 10.3 Å². The van der Waals surface area contributed by atoms with Crippen molar-refractivity contribution < 1.29 is 9.53 Å². The van der Waals surface area contributed by atoms with Gasteiger partial charge in [-0.2, -0.15) is 0 Å². The number of nitrogens with zero attached hydrogens (tertiary/aromatic N) is 1. The highest BCUT2D eigenvalue weighted by atomic mass is 16.6. The number of ether oxygens (including phenoxy) is 1. The summed E-state index contributed by atoms with van der Waals surface area (Å²) in [5.41, 5.74) is 1.61. The lowest BCUT2D eigenvalue weighted by Gasteiger charge is -2.40. The summed E-state index contributed by atoms with van der Waals surface area (Å²) in [5.74, 6) is -0.273. The lowest BCUT2D eigenvalue weighted by atomic mass is 9.85. The number of likely N-dealkylation sites (tertiary alicyclic amines) is 1. The molecule has 1 saturated heterocycles.